The predicted octanol–water partition coefficient (Wildman–Crippen LogP) is 0.106. The molecule has 1 heterocycles. The van der Waals surface area contributed by atoms with Gasteiger partial charge < -0.3 is 20.4 Å². The fourth-order valence-corrected chi connectivity index (χ4v) is 1.73. The van der Waals surface area contributed by atoms with Crippen LogP contribution in [0.3, 0.4) is 0 Å². The topological polar surface area (TPSA) is 64.7 Å². The maximum absolute atomic E-state index is 11.9. The smallest absolute Gasteiger partial charge is 0.315 e. The van der Waals surface area contributed by atoms with Gasteiger partial charge in [-0.3, -0.25) is 4.79 Å². The van der Waals surface area contributed by atoms with Gasteiger partial charge in [-0.25, -0.2) is 4.79 Å². The second kappa shape index (κ2) is 6.75. The van der Waals surface area contributed by atoms with Gasteiger partial charge in [0.2, 0.25) is 5.91 Å². The monoisotopic (exact) mass is 270 g/mol. The quantitative estimate of drug-likeness (QED) is 0.765. The third-order valence-corrected chi connectivity index (χ3v) is 3.04. The standard InChI is InChI=1S/C13H26N4O2/c1-13(2,3)10-15-12(19)14-9-11(18)17-7-5-16(4)6-8-17/h5-10H2,1-4H3,(H2,14,15,19). The van der Waals surface area contributed by atoms with Gasteiger partial charge in [-0.2, -0.15) is 0 Å². The van der Waals surface area contributed by atoms with Crippen molar-refractivity contribution in [3.8, 4) is 0 Å². The largest absolute Gasteiger partial charge is 0.339 e. The zero-order valence-corrected chi connectivity index (χ0v) is 12.5. The first-order valence-corrected chi connectivity index (χ1v) is 6.76. The fourth-order valence-electron chi connectivity index (χ4n) is 1.73. The van der Waals surface area contributed by atoms with Gasteiger partial charge in [-0.15, -0.1) is 0 Å². The van der Waals surface area contributed by atoms with E-state index < -0.39 is 0 Å². The van der Waals surface area contributed by atoms with Crippen LogP contribution in [-0.2, 0) is 4.79 Å². The molecule has 1 fully saturated rings. The summed E-state index contributed by atoms with van der Waals surface area (Å²) in [6, 6.07) is -0.280. The number of amides is 3. The van der Waals surface area contributed by atoms with Gasteiger partial charge in [0.1, 0.15) is 0 Å². The molecule has 110 valence electrons. The second-order valence-electron chi connectivity index (χ2n) is 6.28. The van der Waals surface area contributed by atoms with E-state index in [1.807, 2.05) is 27.8 Å². The number of urea groups is 1. The molecule has 1 aliphatic rings. The van der Waals surface area contributed by atoms with E-state index in [-0.39, 0.29) is 23.9 Å². The van der Waals surface area contributed by atoms with Gasteiger partial charge in [-0.05, 0) is 12.5 Å². The van der Waals surface area contributed by atoms with Crippen LogP contribution in [-0.4, -0.2) is 68.1 Å². The van der Waals surface area contributed by atoms with Gasteiger partial charge in [0.05, 0.1) is 6.54 Å². The second-order valence-corrected chi connectivity index (χ2v) is 6.28. The molecule has 0 saturated carbocycles. The molecule has 19 heavy (non-hydrogen) atoms. The molecule has 0 spiro atoms. The Balaban J connectivity index is 2.21. The van der Waals surface area contributed by atoms with Crippen LogP contribution in [0.4, 0.5) is 4.79 Å². The first-order chi connectivity index (χ1) is 8.78. The normalized spacial score (nSPS) is 17.2. The fraction of sp³-hybridized carbons (Fsp3) is 0.846. The van der Waals surface area contributed by atoms with E-state index in [1.165, 1.54) is 0 Å². The van der Waals surface area contributed by atoms with Crippen molar-refractivity contribution >= 4 is 11.9 Å². The van der Waals surface area contributed by atoms with Crippen molar-refractivity contribution in [2.75, 3.05) is 46.3 Å². The lowest BCUT2D eigenvalue weighted by Gasteiger charge is -2.32. The molecule has 0 radical (unpaired) electrons. The van der Waals surface area contributed by atoms with Crippen LogP contribution >= 0.6 is 0 Å². The zero-order valence-electron chi connectivity index (χ0n) is 12.5. The van der Waals surface area contributed by atoms with Crippen molar-refractivity contribution in [1.29, 1.82) is 0 Å². The molecule has 1 saturated heterocycles. The minimum atomic E-state index is -0.280. The molecule has 1 aliphatic heterocycles. The lowest BCUT2D eigenvalue weighted by Crippen LogP contribution is -2.51. The molecule has 1 rings (SSSR count). The van der Waals surface area contributed by atoms with Crippen LogP contribution in [0.15, 0.2) is 0 Å². The highest BCUT2D eigenvalue weighted by Gasteiger charge is 2.19. The lowest BCUT2D eigenvalue weighted by molar-refractivity contribution is -0.131. The Morgan fingerprint density at radius 1 is 1.05 bits per heavy atom. The van der Waals surface area contributed by atoms with Crippen LogP contribution in [0, 0.1) is 5.41 Å². The molecule has 0 aromatic rings. The van der Waals surface area contributed by atoms with Gasteiger partial charge >= 0.3 is 6.03 Å². The molecular weight excluding hydrogens is 244 g/mol. The minimum Gasteiger partial charge on any atom is -0.339 e. The molecule has 0 unspecified atom stereocenters. The Bertz CT molecular complexity index is 317. The molecule has 0 aliphatic carbocycles. The number of hydrogen-bond donors (Lipinski definition) is 2. The average molecular weight is 270 g/mol. The number of hydrogen-bond acceptors (Lipinski definition) is 3. The van der Waals surface area contributed by atoms with E-state index in [0.29, 0.717) is 6.54 Å². The Hall–Kier alpha value is -1.30. The highest BCUT2D eigenvalue weighted by atomic mass is 16.2. The van der Waals surface area contributed by atoms with E-state index in [0.717, 1.165) is 26.2 Å². The van der Waals surface area contributed by atoms with E-state index in [2.05, 4.69) is 15.5 Å². The number of nitrogens with one attached hydrogen (secondary N) is 2. The summed E-state index contributed by atoms with van der Waals surface area (Å²) in [6.45, 7) is 10.0. The molecule has 0 aromatic carbocycles. The molecule has 3 amide bonds. The third kappa shape index (κ3) is 6.42. The number of carbonyl (C=O) groups excluding carboxylic acids is 2. The minimum absolute atomic E-state index is 0.0148. The molecule has 0 bridgehead atoms. The maximum Gasteiger partial charge on any atom is 0.315 e. The highest BCUT2D eigenvalue weighted by Crippen LogP contribution is 2.09. The average Bonchev–Trinajstić information content (AvgIpc) is 2.33. The summed E-state index contributed by atoms with van der Waals surface area (Å²) in [7, 11) is 2.04. The van der Waals surface area contributed by atoms with Crippen molar-refractivity contribution in [2.45, 2.75) is 20.8 Å². The number of nitrogens with zero attached hydrogens (tertiary/aromatic N) is 2. The van der Waals surface area contributed by atoms with E-state index >= 15 is 0 Å². The summed E-state index contributed by atoms with van der Waals surface area (Å²) in [6.07, 6.45) is 0. The summed E-state index contributed by atoms with van der Waals surface area (Å²) in [5, 5.41) is 5.37. The van der Waals surface area contributed by atoms with Crippen molar-refractivity contribution in [1.82, 2.24) is 20.4 Å². The molecule has 2 N–H and O–H groups in total. The van der Waals surface area contributed by atoms with Crippen LogP contribution in [0.5, 0.6) is 0 Å². The predicted molar refractivity (Wildman–Crippen MR) is 74.9 cm³/mol. The summed E-state index contributed by atoms with van der Waals surface area (Å²) in [5.41, 5.74) is 0.0405. The van der Waals surface area contributed by atoms with Crippen molar-refractivity contribution in [3.63, 3.8) is 0 Å². The Morgan fingerprint density at radius 3 is 2.16 bits per heavy atom. The Labute approximate surface area is 115 Å². The van der Waals surface area contributed by atoms with E-state index in [4.69, 9.17) is 0 Å². The Morgan fingerprint density at radius 2 is 1.63 bits per heavy atom. The van der Waals surface area contributed by atoms with Gasteiger partial charge in [0.15, 0.2) is 0 Å². The van der Waals surface area contributed by atoms with Crippen LogP contribution in [0.1, 0.15) is 20.8 Å². The number of rotatable bonds is 3. The van der Waals surface area contributed by atoms with Gasteiger partial charge in [0, 0.05) is 32.7 Å². The number of carbonyl (C=O) groups is 2. The molecule has 6 heteroatoms. The number of piperazine rings is 1. The maximum atomic E-state index is 11.9. The van der Waals surface area contributed by atoms with Gasteiger partial charge in [-0.1, -0.05) is 20.8 Å². The highest BCUT2D eigenvalue weighted by molar-refractivity contribution is 5.84. The van der Waals surface area contributed by atoms with E-state index in [1.54, 1.807) is 4.90 Å². The van der Waals surface area contributed by atoms with Crippen LogP contribution in [0.25, 0.3) is 0 Å². The van der Waals surface area contributed by atoms with Gasteiger partial charge in [0.25, 0.3) is 0 Å². The molecular formula is C13H26N4O2. The van der Waals surface area contributed by atoms with Crippen molar-refractivity contribution in [3.05, 3.63) is 0 Å². The molecule has 0 aromatic heterocycles. The van der Waals surface area contributed by atoms with Crippen LogP contribution in [0.2, 0.25) is 0 Å². The molecule has 6 nitrogen and oxygen atoms in total. The molecule has 0 atom stereocenters. The summed E-state index contributed by atoms with van der Waals surface area (Å²) >= 11 is 0. The first kappa shape index (κ1) is 15.8. The van der Waals surface area contributed by atoms with Crippen molar-refractivity contribution < 1.29 is 9.59 Å². The van der Waals surface area contributed by atoms with E-state index in [9.17, 15) is 9.59 Å². The first-order valence-electron chi connectivity index (χ1n) is 6.76. The lowest BCUT2D eigenvalue weighted by atomic mass is 9.97. The zero-order chi connectivity index (χ0) is 14.5. The van der Waals surface area contributed by atoms with Crippen molar-refractivity contribution in [2.24, 2.45) is 5.41 Å². The summed E-state index contributed by atoms with van der Waals surface area (Å²) in [5.74, 6) is -0.0148. The Kier molecular flexibility index (Phi) is 5.60. The summed E-state index contributed by atoms with van der Waals surface area (Å²) in [4.78, 5) is 27.4. The third-order valence-electron chi connectivity index (χ3n) is 3.04. The number of likely N-dealkylation sites (N-methyl/N-ethyl adjacent to an activating group) is 1. The van der Waals surface area contributed by atoms with Crippen LogP contribution < -0.4 is 10.6 Å². The summed E-state index contributed by atoms with van der Waals surface area (Å²) < 4.78 is 0. The SMILES string of the molecule is CN1CCN(C(=O)CNC(=O)NCC(C)(C)C)CC1.